The van der Waals surface area contributed by atoms with Crippen molar-refractivity contribution in [3.63, 3.8) is 0 Å². The fraction of sp³-hybridized carbons (Fsp3) is 0.294. The van der Waals surface area contributed by atoms with Crippen LogP contribution in [0.5, 0.6) is 5.75 Å². The van der Waals surface area contributed by atoms with Crippen LogP contribution in [0.25, 0.3) is 10.6 Å². The highest BCUT2D eigenvalue weighted by Crippen LogP contribution is 2.25. The number of nitrogens with one attached hydrogen (secondary N) is 1. The summed E-state index contributed by atoms with van der Waals surface area (Å²) in [5.74, 6) is 0.861. The minimum Gasteiger partial charge on any atom is -0.497 e. The van der Waals surface area contributed by atoms with E-state index in [1.165, 1.54) is 0 Å². The van der Waals surface area contributed by atoms with Crippen molar-refractivity contribution < 1.29 is 4.74 Å². The molecule has 0 bridgehead atoms. The number of hydrogen-bond acceptors (Lipinski definition) is 5. The van der Waals surface area contributed by atoms with Crippen LogP contribution in [0.4, 0.5) is 0 Å². The quantitative estimate of drug-likeness (QED) is 0.724. The molecule has 0 unspecified atom stereocenters. The molecular weight excluding hydrogens is 308 g/mol. The summed E-state index contributed by atoms with van der Waals surface area (Å²) in [7, 11) is 1.67. The zero-order valence-electron chi connectivity index (χ0n) is 13.3. The number of thiazole rings is 1. The molecule has 3 aromatic rings. The molecule has 0 aliphatic carbocycles. The molecule has 120 valence electrons. The summed E-state index contributed by atoms with van der Waals surface area (Å²) in [4.78, 5) is 4.70. The van der Waals surface area contributed by atoms with Crippen LogP contribution in [-0.2, 0) is 13.1 Å². The van der Waals surface area contributed by atoms with E-state index in [2.05, 4.69) is 22.7 Å². The third-order valence-electron chi connectivity index (χ3n) is 3.54. The number of methoxy groups -OCH3 is 1. The number of rotatable bonds is 7. The Balaban J connectivity index is 1.56. The first-order chi connectivity index (χ1) is 11.2. The first kappa shape index (κ1) is 15.7. The second kappa shape index (κ2) is 7.39. The van der Waals surface area contributed by atoms with E-state index in [0.29, 0.717) is 6.04 Å². The minimum atomic E-state index is 0.334. The number of benzene rings is 1. The van der Waals surface area contributed by atoms with Crippen LogP contribution in [0.3, 0.4) is 0 Å². The van der Waals surface area contributed by atoms with Crippen molar-refractivity contribution in [2.24, 2.45) is 0 Å². The Hall–Kier alpha value is -2.18. The maximum Gasteiger partial charge on any atom is 0.123 e. The summed E-state index contributed by atoms with van der Waals surface area (Å²) in [5.41, 5.74) is 2.18. The third kappa shape index (κ3) is 4.18. The van der Waals surface area contributed by atoms with E-state index in [1.54, 1.807) is 24.6 Å². The first-order valence-corrected chi connectivity index (χ1v) is 8.42. The Morgan fingerprint density at radius 1 is 1.30 bits per heavy atom. The highest BCUT2D eigenvalue weighted by molar-refractivity contribution is 7.13. The number of hydrogen-bond donors (Lipinski definition) is 1. The topological polar surface area (TPSA) is 52.0 Å². The van der Waals surface area contributed by atoms with Gasteiger partial charge in [-0.1, -0.05) is 0 Å². The van der Waals surface area contributed by atoms with Crippen molar-refractivity contribution in [3.05, 3.63) is 53.8 Å². The molecule has 0 aliphatic rings. The summed E-state index contributed by atoms with van der Waals surface area (Å²) in [6.07, 6.45) is 3.77. The SMILES string of the molecule is COc1ccc(-c2nc(CN[C@H](C)Cn3cccn3)cs2)cc1. The Bertz CT molecular complexity index is 721. The Kier molecular flexibility index (Phi) is 5.05. The van der Waals surface area contributed by atoms with Crippen LogP contribution in [0, 0.1) is 0 Å². The van der Waals surface area contributed by atoms with Gasteiger partial charge in [0.25, 0.3) is 0 Å². The summed E-state index contributed by atoms with van der Waals surface area (Å²) in [6.45, 7) is 3.76. The van der Waals surface area contributed by atoms with E-state index >= 15 is 0 Å². The average Bonchev–Trinajstić information content (AvgIpc) is 3.25. The van der Waals surface area contributed by atoms with E-state index in [9.17, 15) is 0 Å². The number of nitrogens with zero attached hydrogens (tertiary/aromatic N) is 3. The van der Waals surface area contributed by atoms with Gasteiger partial charge in [-0.25, -0.2) is 4.98 Å². The van der Waals surface area contributed by atoms with E-state index < -0.39 is 0 Å². The highest BCUT2D eigenvalue weighted by Gasteiger charge is 2.07. The van der Waals surface area contributed by atoms with Gasteiger partial charge in [-0.2, -0.15) is 5.10 Å². The first-order valence-electron chi connectivity index (χ1n) is 7.54. The zero-order valence-corrected chi connectivity index (χ0v) is 14.1. The second-order valence-electron chi connectivity index (χ2n) is 5.38. The molecule has 3 rings (SSSR count). The van der Waals surface area contributed by atoms with Gasteiger partial charge in [0.15, 0.2) is 0 Å². The van der Waals surface area contributed by atoms with Crippen molar-refractivity contribution in [2.45, 2.75) is 26.1 Å². The molecule has 0 amide bonds. The molecule has 23 heavy (non-hydrogen) atoms. The molecule has 6 heteroatoms. The van der Waals surface area contributed by atoms with Crippen LogP contribution in [0.2, 0.25) is 0 Å². The fourth-order valence-electron chi connectivity index (χ4n) is 2.29. The fourth-order valence-corrected chi connectivity index (χ4v) is 3.11. The van der Waals surface area contributed by atoms with Crippen LogP contribution in [-0.4, -0.2) is 27.9 Å². The minimum absolute atomic E-state index is 0.334. The summed E-state index contributed by atoms with van der Waals surface area (Å²) >= 11 is 1.66. The Morgan fingerprint density at radius 3 is 2.83 bits per heavy atom. The predicted molar refractivity (Wildman–Crippen MR) is 92.6 cm³/mol. The molecule has 0 saturated heterocycles. The number of ether oxygens (including phenoxy) is 1. The molecular formula is C17H20N4OS. The van der Waals surface area contributed by atoms with Crippen molar-refractivity contribution in [1.82, 2.24) is 20.1 Å². The summed E-state index contributed by atoms with van der Waals surface area (Å²) in [5, 5.41) is 10.8. The molecule has 2 aromatic heterocycles. The molecule has 5 nitrogen and oxygen atoms in total. The van der Waals surface area contributed by atoms with Gasteiger partial charge in [0, 0.05) is 35.9 Å². The van der Waals surface area contributed by atoms with Gasteiger partial charge in [0.2, 0.25) is 0 Å². The van der Waals surface area contributed by atoms with Crippen LogP contribution in [0.1, 0.15) is 12.6 Å². The lowest BCUT2D eigenvalue weighted by Crippen LogP contribution is -2.30. The van der Waals surface area contributed by atoms with E-state index in [-0.39, 0.29) is 0 Å². The van der Waals surface area contributed by atoms with Gasteiger partial charge in [-0.15, -0.1) is 11.3 Å². The smallest absolute Gasteiger partial charge is 0.123 e. The van der Waals surface area contributed by atoms with Crippen molar-refractivity contribution in [2.75, 3.05) is 7.11 Å². The molecule has 2 heterocycles. The molecule has 0 radical (unpaired) electrons. The van der Waals surface area contributed by atoms with Crippen LogP contribution >= 0.6 is 11.3 Å². The predicted octanol–water partition coefficient (Wildman–Crippen LogP) is 3.19. The summed E-state index contributed by atoms with van der Waals surface area (Å²) in [6, 6.07) is 10.3. The maximum absolute atomic E-state index is 5.18. The van der Waals surface area contributed by atoms with Crippen molar-refractivity contribution >= 4 is 11.3 Å². The normalized spacial score (nSPS) is 12.3. The lowest BCUT2D eigenvalue weighted by atomic mass is 10.2. The van der Waals surface area contributed by atoms with Crippen molar-refractivity contribution in [1.29, 1.82) is 0 Å². The molecule has 0 spiro atoms. The van der Waals surface area contributed by atoms with Crippen molar-refractivity contribution in [3.8, 4) is 16.3 Å². The van der Waals surface area contributed by atoms with E-state index in [0.717, 1.165) is 35.1 Å². The monoisotopic (exact) mass is 328 g/mol. The third-order valence-corrected chi connectivity index (χ3v) is 4.48. The molecule has 1 aromatic carbocycles. The van der Waals surface area contributed by atoms with Gasteiger partial charge in [0.1, 0.15) is 10.8 Å². The van der Waals surface area contributed by atoms with E-state index in [4.69, 9.17) is 9.72 Å². The van der Waals surface area contributed by atoms with E-state index in [1.807, 2.05) is 41.2 Å². The molecule has 1 N–H and O–H groups in total. The molecule has 0 saturated carbocycles. The van der Waals surface area contributed by atoms with Gasteiger partial charge in [0.05, 0.1) is 19.3 Å². The van der Waals surface area contributed by atoms with Gasteiger partial charge < -0.3 is 10.1 Å². The zero-order chi connectivity index (χ0) is 16.1. The van der Waals surface area contributed by atoms with Gasteiger partial charge >= 0.3 is 0 Å². The van der Waals surface area contributed by atoms with Crippen LogP contribution in [0.15, 0.2) is 48.1 Å². The highest BCUT2D eigenvalue weighted by atomic mass is 32.1. The van der Waals surface area contributed by atoms with Gasteiger partial charge in [-0.05, 0) is 37.3 Å². The maximum atomic E-state index is 5.18. The van der Waals surface area contributed by atoms with Gasteiger partial charge in [-0.3, -0.25) is 4.68 Å². The standard InChI is InChI=1S/C17H20N4OS/c1-13(11-21-9-3-8-19-21)18-10-15-12-23-17(20-15)14-4-6-16(22-2)7-5-14/h3-9,12-13,18H,10-11H2,1-2H3/t13-/m1/s1. The molecule has 0 fully saturated rings. The second-order valence-corrected chi connectivity index (χ2v) is 6.24. The Labute approximate surface area is 140 Å². The summed E-state index contributed by atoms with van der Waals surface area (Å²) < 4.78 is 7.12. The molecule has 1 atom stereocenters. The number of aromatic nitrogens is 3. The Morgan fingerprint density at radius 2 is 2.13 bits per heavy atom. The lowest BCUT2D eigenvalue weighted by Gasteiger charge is -2.12. The van der Waals surface area contributed by atoms with Crippen LogP contribution < -0.4 is 10.1 Å². The lowest BCUT2D eigenvalue weighted by molar-refractivity contribution is 0.415. The molecule has 0 aliphatic heterocycles. The average molecular weight is 328 g/mol. The largest absolute Gasteiger partial charge is 0.497 e.